The van der Waals surface area contributed by atoms with Gasteiger partial charge in [-0.25, -0.2) is 4.68 Å². The Bertz CT molecular complexity index is 440. The molecule has 0 spiro atoms. The summed E-state index contributed by atoms with van der Waals surface area (Å²) in [5.41, 5.74) is -0.367. The molecule has 0 aliphatic carbocycles. The van der Waals surface area contributed by atoms with Crippen molar-refractivity contribution in [3.63, 3.8) is 0 Å². The first-order valence-electron chi connectivity index (χ1n) is 5.35. The first-order valence-corrected chi connectivity index (χ1v) is 6.33. The summed E-state index contributed by atoms with van der Waals surface area (Å²) in [4.78, 5) is 11.2. The van der Waals surface area contributed by atoms with E-state index in [4.69, 9.17) is 0 Å². The van der Waals surface area contributed by atoms with Gasteiger partial charge in [0.1, 0.15) is 6.54 Å². The van der Waals surface area contributed by atoms with Crippen LogP contribution in [0.25, 0.3) is 0 Å². The van der Waals surface area contributed by atoms with Crippen molar-refractivity contribution >= 4 is 17.7 Å². The summed E-state index contributed by atoms with van der Waals surface area (Å²) in [5, 5.41) is 13.1. The van der Waals surface area contributed by atoms with Crippen molar-refractivity contribution < 1.29 is 18.0 Å². The number of aromatic nitrogens is 4. The molecular weight excluding hydrogens is 283 g/mol. The zero-order valence-corrected chi connectivity index (χ0v) is 11.5. The van der Waals surface area contributed by atoms with Gasteiger partial charge in [-0.05, 0) is 31.2 Å². The minimum Gasteiger partial charge on any atom is -0.346 e. The predicted octanol–water partition coefficient (Wildman–Crippen LogP) is 1.20. The van der Waals surface area contributed by atoms with E-state index in [1.165, 1.54) is 4.68 Å². The number of hydrogen-bond donors (Lipinski definition) is 1. The number of thioether (sulfide) groups is 1. The van der Waals surface area contributed by atoms with Gasteiger partial charge in [-0.3, -0.25) is 4.79 Å². The highest BCUT2D eigenvalue weighted by molar-refractivity contribution is 7.99. The molecule has 0 atom stereocenters. The quantitative estimate of drug-likeness (QED) is 0.845. The number of alkyl halides is 3. The first-order chi connectivity index (χ1) is 8.59. The molecule has 1 aromatic heterocycles. The lowest BCUT2D eigenvalue weighted by Crippen LogP contribution is -2.35. The van der Waals surface area contributed by atoms with Crippen LogP contribution in [-0.4, -0.2) is 44.6 Å². The Labute approximate surface area is 112 Å². The standard InChI is InChI=1S/C9H14F3N5OS/c1-8(2,3)17-7(14-15-16-17)19-4-6(18)13-5-9(10,11)12/h4-5H2,1-3H3,(H,13,18). The Balaban J connectivity index is 2.50. The number of carbonyl (C=O) groups excluding carboxylic acids is 1. The molecule has 0 aromatic carbocycles. The van der Waals surface area contributed by atoms with Gasteiger partial charge in [0.2, 0.25) is 11.1 Å². The number of nitrogens with one attached hydrogen (secondary N) is 1. The maximum atomic E-state index is 11.9. The van der Waals surface area contributed by atoms with Crippen LogP contribution in [0, 0.1) is 0 Å². The molecule has 0 radical (unpaired) electrons. The van der Waals surface area contributed by atoms with E-state index in [9.17, 15) is 18.0 Å². The van der Waals surface area contributed by atoms with Crippen molar-refractivity contribution in [2.45, 2.75) is 37.6 Å². The van der Waals surface area contributed by atoms with Gasteiger partial charge in [-0.15, -0.1) is 5.10 Å². The third-order valence-electron chi connectivity index (χ3n) is 1.89. The molecule has 10 heteroatoms. The number of halogens is 3. The molecule has 108 valence electrons. The molecule has 0 aliphatic rings. The van der Waals surface area contributed by atoms with Gasteiger partial charge >= 0.3 is 6.18 Å². The number of nitrogens with zero attached hydrogens (tertiary/aromatic N) is 4. The fraction of sp³-hybridized carbons (Fsp3) is 0.778. The van der Waals surface area contributed by atoms with Crippen molar-refractivity contribution in [1.82, 2.24) is 25.5 Å². The summed E-state index contributed by atoms with van der Waals surface area (Å²) in [6.45, 7) is 4.28. The predicted molar refractivity (Wildman–Crippen MR) is 62.6 cm³/mol. The van der Waals surface area contributed by atoms with E-state index >= 15 is 0 Å². The van der Waals surface area contributed by atoms with Crippen LogP contribution in [0.3, 0.4) is 0 Å². The molecule has 0 saturated heterocycles. The second-order valence-corrected chi connectivity index (χ2v) is 5.67. The van der Waals surface area contributed by atoms with Crippen LogP contribution in [0.4, 0.5) is 13.2 Å². The van der Waals surface area contributed by atoms with Crippen LogP contribution in [0.1, 0.15) is 20.8 Å². The lowest BCUT2D eigenvalue weighted by Gasteiger charge is -2.19. The average molecular weight is 297 g/mol. The topological polar surface area (TPSA) is 72.7 Å². The van der Waals surface area contributed by atoms with Crippen molar-refractivity contribution in [3.05, 3.63) is 0 Å². The molecule has 0 fully saturated rings. The summed E-state index contributed by atoms with van der Waals surface area (Å²) in [7, 11) is 0. The van der Waals surface area contributed by atoms with Crippen molar-refractivity contribution in [2.24, 2.45) is 0 Å². The number of rotatable bonds is 4. The first kappa shape index (κ1) is 15.7. The Kier molecular flexibility index (Phi) is 4.77. The minimum absolute atomic E-state index is 0.174. The van der Waals surface area contributed by atoms with Gasteiger partial charge < -0.3 is 5.32 Å². The molecule has 19 heavy (non-hydrogen) atoms. The highest BCUT2D eigenvalue weighted by Crippen LogP contribution is 2.21. The average Bonchev–Trinajstić information content (AvgIpc) is 2.70. The lowest BCUT2D eigenvalue weighted by molar-refractivity contribution is -0.136. The lowest BCUT2D eigenvalue weighted by atomic mass is 10.1. The number of tetrazole rings is 1. The number of carbonyl (C=O) groups is 1. The van der Waals surface area contributed by atoms with Gasteiger partial charge in [0.25, 0.3) is 0 Å². The van der Waals surface area contributed by atoms with Crippen LogP contribution in [0.5, 0.6) is 0 Å². The Morgan fingerprint density at radius 2 is 2.00 bits per heavy atom. The smallest absolute Gasteiger partial charge is 0.346 e. The zero-order chi connectivity index (χ0) is 14.7. The highest BCUT2D eigenvalue weighted by Gasteiger charge is 2.28. The molecular formula is C9H14F3N5OS. The summed E-state index contributed by atoms with van der Waals surface area (Å²) in [5.74, 6) is -0.891. The summed E-state index contributed by atoms with van der Waals surface area (Å²) >= 11 is 0.987. The van der Waals surface area contributed by atoms with Gasteiger partial charge in [0, 0.05) is 0 Å². The Hall–Kier alpha value is -1.32. The van der Waals surface area contributed by atoms with E-state index in [1.54, 1.807) is 5.32 Å². The molecule has 0 bridgehead atoms. The Morgan fingerprint density at radius 1 is 1.37 bits per heavy atom. The maximum absolute atomic E-state index is 11.9. The van der Waals surface area contributed by atoms with Crippen LogP contribution >= 0.6 is 11.8 Å². The number of amides is 1. The fourth-order valence-electron chi connectivity index (χ4n) is 1.07. The van der Waals surface area contributed by atoms with E-state index in [0.717, 1.165) is 11.8 Å². The molecule has 1 heterocycles. The van der Waals surface area contributed by atoms with E-state index in [2.05, 4.69) is 15.5 Å². The molecule has 1 rings (SSSR count). The summed E-state index contributed by atoms with van der Waals surface area (Å²) in [6.07, 6.45) is -4.41. The SMILES string of the molecule is CC(C)(C)n1nnnc1SCC(=O)NCC(F)(F)F. The second-order valence-electron chi connectivity index (χ2n) is 4.72. The largest absolute Gasteiger partial charge is 0.405 e. The summed E-state index contributed by atoms with van der Waals surface area (Å²) < 4.78 is 37.2. The molecule has 0 unspecified atom stereocenters. The third-order valence-corrected chi connectivity index (χ3v) is 2.81. The molecule has 0 saturated carbocycles. The number of hydrogen-bond acceptors (Lipinski definition) is 5. The van der Waals surface area contributed by atoms with E-state index in [1.807, 2.05) is 20.8 Å². The van der Waals surface area contributed by atoms with Crippen molar-refractivity contribution in [3.8, 4) is 0 Å². The normalized spacial score (nSPS) is 12.5. The fourth-order valence-corrected chi connectivity index (χ4v) is 1.96. The van der Waals surface area contributed by atoms with Gasteiger partial charge in [-0.2, -0.15) is 13.2 Å². The van der Waals surface area contributed by atoms with Crippen LogP contribution < -0.4 is 5.32 Å². The monoisotopic (exact) mass is 297 g/mol. The van der Waals surface area contributed by atoms with Gasteiger partial charge in [0.15, 0.2) is 0 Å². The van der Waals surface area contributed by atoms with Crippen LogP contribution in [0.15, 0.2) is 5.16 Å². The van der Waals surface area contributed by atoms with E-state index in [-0.39, 0.29) is 11.3 Å². The molecule has 1 amide bonds. The zero-order valence-electron chi connectivity index (χ0n) is 10.7. The maximum Gasteiger partial charge on any atom is 0.405 e. The van der Waals surface area contributed by atoms with Crippen molar-refractivity contribution in [2.75, 3.05) is 12.3 Å². The van der Waals surface area contributed by atoms with Crippen LogP contribution in [-0.2, 0) is 10.3 Å². The highest BCUT2D eigenvalue weighted by atomic mass is 32.2. The summed E-state index contributed by atoms with van der Waals surface area (Å²) in [6, 6.07) is 0. The van der Waals surface area contributed by atoms with E-state index < -0.39 is 18.6 Å². The van der Waals surface area contributed by atoms with E-state index in [0.29, 0.717) is 5.16 Å². The molecule has 0 aliphatic heterocycles. The van der Waals surface area contributed by atoms with Gasteiger partial charge in [-0.1, -0.05) is 11.8 Å². The molecule has 1 N–H and O–H groups in total. The van der Waals surface area contributed by atoms with Crippen LogP contribution in [0.2, 0.25) is 0 Å². The third kappa shape index (κ3) is 5.45. The molecule has 6 nitrogen and oxygen atoms in total. The molecule has 1 aromatic rings. The Morgan fingerprint density at radius 3 is 2.53 bits per heavy atom. The van der Waals surface area contributed by atoms with Crippen molar-refractivity contribution in [1.29, 1.82) is 0 Å². The minimum atomic E-state index is -4.41. The van der Waals surface area contributed by atoms with Gasteiger partial charge in [0.05, 0.1) is 11.3 Å². The second kappa shape index (κ2) is 5.76.